The highest BCUT2D eigenvalue weighted by molar-refractivity contribution is 5.74. The van der Waals surface area contributed by atoms with Gasteiger partial charge in [-0.2, -0.15) is 4.98 Å². The van der Waals surface area contributed by atoms with Crippen LogP contribution in [0.4, 0.5) is 5.69 Å². The van der Waals surface area contributed by atoms with Gasteiger partial charge >= 0.3 is 0 Å². The Bertz CT molecular complexity index is 479. The molecule has 0 aliphatic rings. The highest BCUT2D eigenvalue weighted by Gasteiger charge is 2.05. The fourth-order valence-electron chi connectivity index (χ4n) is 1.22. The van der Waals surface area contributed by atoms with Gasteiger partial charge in [-0.15, -0.1) is 0 Å². The highest BCUT2D eigenvalue weighted by Crippen LogP contribution is 2.20. The van der Waals surface area contributed by atoms with Crippen molar-refractivity contribution < 1.29 is 9.32 Å². The number of aryl methyl sites for hydroxylation is 1. The van der Waals surface area contributed by atoms with Gasteiger partial charge in [0.25, 0.3) is 5.89 Å². The molecular weight excluding hydrogens is 194 g/mol. The molecule has 1 aromatic carbocycles. The van der Waals surface area contributed by atoms with E-state index in [-0.39, 0.29) is 0 Å². The van der Waals surface area contributed by atoms with Crippen LogP contribution >= 0.6 is 0 Å². The van der Waals surface area contributed by atoms with Gasteiger partial charge in [-0.3, -0.25) is 4.79 Å². The van der Waals surface area contributed by atoms with Crippen LogP contribution < -0.4 is 5.32 Å². The largest absolute Gasteiger partial charge is 0.334 e. The van der Waals surface area contributed by atoms with E-state index in [2.05, 4.69) is 15.5 Å². The third kappa shape index (κ3) is 2.01. The van der Waals surface area contributed by atoms with Gasteiger partial charge in [0.2, 0.25) is 6.41 Å². The normalized spacial score (nSPS) is 9.93. The van der Waals surface area contributed by atoms with Gasteiger partial charge in [0.1, 0.15) is 0 Å². The van der Waals surface area contributed by atoms with Crippen LogP contribution in [0, 0.1) is 6.92 Å². The van der Waals surface area contributed by atoms with Crippen LogP contribution in [0.25, 0.3) is 11.5 Å². The van der Waals surface area contributed by atoms with Gasteiger partial charge in [-0.25, -0.2) is 0 Å². The van der Waals surface area contributed by atoms with E-state index in [1.165, 1.54) is 0 Å². The molecule has 15 heavy (non-hydrogen) atoms. The third-order valence-electron chi connectivity index (χ3n) is 1.86. The number of amides is 1. The van der Waals surface area contributed by atoms with Crippen LogP contribution in [0.1, 0.15) is 5.82 Å². The second kappa shape index (κ2) is 3.91. The zero-order chi connectivity index (χ0) is 10.7. The Kier molecular flexibility index (Phi) is 2.45. The molecule has 76 valence electrons. The Morgan fingerprint density at radius 2 is 2.33 bits per heavy atom. The maximum absolute atomic E-state index is 10.3. The summed E-state index contributed by atoms with van der Waals surface area (Å²) in [6.07, 6.45) is 0.623. The molecular formula is C10H9N3O2. The standard InChI is InChI=1S/C10H9N3O2/c1-7-12-10(15-13-7)8-3-2-4-9(5-8)11-6-14/h2-6H,1H3,(H,11,14). The number of hydrogen-bond acceptors (Lipinski definition) is 4. The predicted molar refractivity (Wildman–Crippen MR) is 54.2 cm³/mol. The van der Waals surface area contributed by atoms with Crippen LogP contribution in [0.5, 0.6) is 0 Å². The van der Waals surface area contributed by atoms with Crippen LogP contribution in [-0.4, -0.2) is 16.6 Å². The smallest absolute Gasteiger partial charge is 0.257 e. The minimum atomic E-state index is 0.446. The topological polar surface area (TPSA) is 68.0 Å². The maximum Gasteiger partial charge on any atom is 0.257 e. The summed E-state index contributed by atoms with van der Waals surface area (Å²) in [5, 5.41) is 6.25. The fraction of sp³-hybridized carbons (Fsp3) is 0.100. The molecule has 0 radical (unpaired) electrons. The number of aromatic nitrogens is 2. The van der Waals surface area contributed by atoms with Crippen molar-refractivity contribution in [3.63, 3.8) is 0 Å². The van der Waals surface area contributed by atoms with Gasteiger partial charge in [0.15, 0.2) is 5.82 Å². The van der Waals surface area contributed by atoms with E-state index in [1.54, 1.807) is 25.1 Å². The van der Waals surface area contributed by atoms with Crippen molar-refractivity contribution in [3.8, 4) is 11.5 Å². The Balaban J connectivity index is 2.36. The molecule has 0 saturated heterocycles. The molecule has 0 aliphatic heterocycles. The first-order chi connectivity index (χ1) is 7.29. The van der Waals surface area contributed by atoms with E-state index in [4.69, 9.17) is 4.52 Å². The lowest BCUT2D eigenvalue weighted by Crippen LogP contribution is -1.93. The molecule has 2 rings (SSSR count). The number of carbonyl (C=O) groups is 1. The summed E-state index contributed by atoms with van der Waals surface area (Å²) in [5.41, 5.74) is 1.47. The molecule has 1 amide bonds. The van der Waals surface area contributed by atoms with Crippen molar-refractivity contribution >= 4 is 12.1 Å². The van der Waals surface area contributed by atoms with E-state index in [0.717, 1.165) is 5.56 Å². The zero-order valence-electron chi connectivity index (χ0n) is 8.10. The van der Waals surface area contributed by atoms with Crippen molar-refractivity contribution in [2.75, 3.05) is 5.32 Å². The Labute approximate surface area is 86.1 Å². The van der Waals surface area contributed by atoms with Crippen molar-refractivity contribution in [1.82, 2.24) is 10.1 Å². The monoisotopic (exact) mass is 203 g/mol. The quantitative estimate of drug-likeness (QED) is 0.769. The zero-order valence-corrected chi connectivity index (χ0v) is 8.10. The van der Waals surface area contributed by atoms with Gasteiger partial charge in [0.05, 0.1) is 0 Å². The van der Waals surface area contributed by atoms with E-state index < -0.39 is 0 Å². The number of rotatable bonds is 3. The minimum Gasteiger partial charge on any atom is -0.334 e. The molecule has 0 saturated carbocycles. The van der Waals surface area contributed by atoms with Crippen LogP contribution in [-0.2, 0) is 4.79 Å². The number of nitrogens with zero attached hydrogens (tertiary/aromatic N) is 2. The Morgan fingerprint density at radius 3 is 3.00 bits per heavy atom. The summed E-state index contributed by atoms with van der Waals surface area (Å²) in [6, 6.07) is 7.19. The second-order valence-corrected chi connectivity index (χ2v) is 2.99. The molecule has 1 N–H and O–H groups in total. The number of nitrogens with one attached hydrogen (secondary N) is 1. The van der Waals surface area contributed by atoms with Crippen LogP contribution in [0.15, 0.2) is 28.8 Å². The molecule has 2 aromatic rings. The summed E-state index contributed by atoms with van der Waals surface area (Å²) >= 11 is 0. The molecule has 5 nitrogen and oxygen atoms in total. The number of benzene rings is 1. The highest BCUT2D eigenvalue weighted by atomic mass is 16.5. The Hall–Kier alpha value is -2.17. The van der Waals surface area contributed by atoms with Gasteiger partial charge in [-0.1, -0.05) is 11.2 Å². The van der Waals surface area contributed by atoms with Crippen molar-refractivity contribution in [2.24, 2.45) is 0 Å². The Morgan fingerprint density at radius 1 is 1.47 bits per heavy atom. The lowest BCUT2D eigenvalue weighted by Gasteiger charge is -1.99. The summed E-state index contributed by atoms with van der Waals surface area (Å²) in [4.78, 5) is 14.4. The van der Waals surface area contributed by atoms with Crippen LogP contribution in [0.3, 0.4) is 0 Å². The summed E-state index contributed by atoms with van der Waals surface area (Å²) in [7, 11) is 0. The fourth-order valence-corrected chi connectivity index (χ4v) is 1.22. The second-order valence-electron chi connectivity index (χ2n) is 2.99. The predicted octanol–water partition coefficient (Wildman–Crippen LogP) is 1.61. The average molecular weight is 203 g/mol. The molecule has 0 aliphatic carbocycles. The summed E-state index contributed by atoms with van der Waals surface area (Å²) < 4.78 is 5.01. The van der Waals surface area contributed by atoms with Crippen molar-refractivity contribution in [3.05, 3.63) is 30.1 Å². The van der Waals surface area contributed by atoms with Crippen LogP contribution in [0.2, 0.25) is 0 Å². The first-order valence-corrected chi connectivity index (χ1v) is 4.40. The average Bonchev–Trinajstić information content (AvgIpc) is 2.66. The SMILES string of the molecule is Cc1noc(-c2cccc(NC=O)c2)n1. The third-order valence-corrected chi connectivity index (χ3v) is 1.86. The molecule has 5 heteroatoms. The van der Waals surface area contributed by atoms with E-state index in [0.29, 0.717) is 23.8 Å². The molecule has 0 fully saturated rings. The van der Waals surface area contributed by atoms with Gasteiger partial charge in [-0.05, 0) is 25.1 Å². The van der Waals surface area contributed by atoms with E-state index >= 15 is 0 Å². The first-order valence-electron chi connectivity index (χ1n) is 4.40. The maximum atomic E-state index is 10.3. The number of hydrogen-bond donors (Lipinski definition) is 1. The van der Waals surface area contributed by atoms with E-state index in [1.807, 2.05) is 6.07 Å². The molecule has 0 bridgehead atoms. The van der Waals surface area contributed by atoms with Crippen molar-refractivity contribution in [1.29, 1.82) is 0 Å². The number of anilines is 1. The lowest BCUT2D eigenvalue weighted by molar-refractivity contribution is -0.105. The minimum absolute atomic E-state index is 0.446. The van der Waals surface area contributed by atoms with Gasteiger partial charge in [0, 0.05) is 11.3 Å². The van der Waals surface area contributed by atoms with Crippen molar-refractivity contribution in [2.45, 2.75) is 6.92 Å². The van der Waals surface area contributed by atoms with E-state index in [9.17, 15) is 4.79 Å². The molecule has 0 atom stereocenters. The summed E-state index contributed by atoms with van der Waals surface area (Å²) in [6.45, 7) is 1.75. The summed E-state index contributed by atoms with van der Waals surface area (Å²) in [5.74, 6) is 1.03. The lowest BCUT2D eigenvalue weighted by atomic mass is 10.2. The molecule has 1 aromatic heterocycles. The molecule has 0 unspecified atom stereocenters. The molecule has 1 heterocycles. The number of carbonyl (C=O) groups excluding carboxylic acids is 1. The van der Waals surface area contributed by atoms with Gasteiger partial charge < -0.3 is 9.84 Å². The first kappa shape index (κ1) is 9.39. The molecule has 0 spiro atoms.